The molecule has 1 aliphatic rings. The van der Waals surface area contributed by atoms with E-state index in [1.54, 1.807) is 0 Å². The van der Waals surface area contributed by atoms with Gasteiger partial charge < -0.3 is 15.0 Å². The quantitative estimate of drug-likeness (QED) is 0.842. The second kappa shape index (κ2) is 6.79. The molecule has 1 saturated heterocycles. The van der Waals surface area contributed by atoms with Gasteiger partial charge in [-0.15, -0.1) is 0 Å². The molecule has 1 fully saturated rings. The zero-order valence-corrected chi connectivity index (χ0v) is 14.4. The number of piperidine rings is 1. The molecule has 1 aromatic carbocycles. The first-order chi connectivity index (χ1) is 9.97. The fourth-order valence-electron chi connectivity index (χ4n) is 2.78. The van der Waals surface area contributed by atoms with Crippen molar-refractivity contribution in [1.82, 2.24) is 4.90 Å². The molecular formula is C16H23BrN2O2. The predicted molar refractivity (Wildman–Crippen MR) is 88.5 cm³/mol. The highest BCUT2D eigenvalue weighted by molar-refractivity contribution is 9.10. The largest absolute Gasteiger partial charge is 0.464 e. The Hall–Kier alpha value is -1.07. The molecule has 0 radical (unpaired) electrons. The van der Waals surface area contributed by atoms with E-state index < -0.39 is 5.54 Å². The Bertz CT molecular complexity index is 492. The summed E-state index contributed by atoms with van der Waals surface area (Å²) in [6.07, 6.45) is 1.50. The highest BCUT2D eigenvalue weighted by atomic mass is 79.9. The van der Waals surface area contributed by atoms with E-state index in [2.05, 4.69) is 40.1 Å². The number of hydrogen-bond acceptors (Lipinski definition) is 4. The number of carbonyl (C=O) groups is 1. The lowest BCUT2D eigenvalue weighted by molar-refractivity contribution is -0.151. The number of anilines is 1. The maximum atomic E-state index is 12.5. The summed E-state index contributed by atoms with van der Waals surface area (Å²) in [5.74, 6) is -0.145. The molecular weight excluding hydrogens is 332 g/mol. The second-order valence-corrected chi connectivity index (χ2v) is 6.63. The van der Waals surface area contributed by atoms with Crippen LogP contribution < -0.4 is 5.32 Å². The second-order valence-electron chi connectivity index (χ2n) is 5.72. The van der Waals surface area contributed by atoms with Crippen LogP contribution in [0.3, 0.4) is 0 Å². The van der Waals surface area contributed by atoms with E-state index in [-0.39, 0.29) is 5.97 Å². The van der Waals surface area contributed by atoms with Crippen LogP contribution >= 0.6 is 15.9 Å². The first-order valence-electron chi connectivity index (χ1n) is 7.38. The predicted octanol–water partition coefficient (Wildman–Crippen LogP) is 3.28. The van der Waals surface area contributed by atoms with Crippen LogP contribution in [0.5, 0.6) is 0 Å². The van der Waals surface area contributed by atoms with Crippen molar-refractivity contribution in [3.63, 3.8) is 0 Å². The van der Waals surface area contributed by atoms with Crippen molar-refractivity contribution in [3.8, 4) is 0 Å². The molecule has 2 atom stereocenters. The zero-order chi connectivity index (χ0) is 15.5. The summed E-state index contributed by atoms with van der Waals surface area (Å²) in [5.41, 5.74) is 0.318. The summed E-state index contributed by atoms with van der Waals surface area (Å²) in [5, 5.41) is 3.44. The number of halogens is 1. The van der Waals surface area contributed by atoms with Gasteiger partial charge in [-0.2, -0.15) is 0 Å². The van der Waals surface area contributed by atoms with Crippen molar-refractivity contribution in [2.24, 2.45) is 0 Å². The van der Waals surface area contributed by atoms with Gasteiger partial charge in [0.05, 0.1) is 6.61 Å². The van der Waals surface area contributed by atoms with Crippen LogP contribution in [0.15, 0.2) is 28.7 Å². The van der Waals surface area contributed by atoms with E-state index in [0.29, 0.717) is 12.6 Å². The number of nitrogens with zero attached hydrogens (tertiary/aromatic N) is 1. The number of carbonyl (C=O) groups excluding carboxylic acids is 1. The Kier molecular flexibility index (Phi) is 5.27. The van der Waals surface area contributed by atoms with E-state index in [1.165, 1.54) is 0 Å². The van der Waals surface area contributed by atoms with Gasteiger partial charge in [0.15, 0.2) is 0 Å². The van der Waals surface area contributed by atoms with Crippen LogP contribution in [0.1, 0.15) is 26.7 Å². The Labute approximate surface area is 135 Å². The zero-order valence-electron chi connectivity index (χ0n) is 12.9. The van der Waals surface area contributed by atoms with Gasteiger partial charge in [0.1, 0.15) is 5.54 Å². The van der Waals surface area contributed by atoms with Gasteiger partial charge in [0.2, 0.25) is 0 Å². The minimum atomic E-state index is -0.629. The van der Waals surface area contributed by atoms with Crippen LogP contribution in [0.2, 0.25) is 0 Å². The van der Waals surface area contributed by atoms with E-state index in [0.717, 1.165) is 29.5 Å². The van der Waals surface area contributed by atoms with Crippen LogP contribution in [0.4, 0.5) is 5.69 Å². The lowest BCUT2D eigenvalue weighted by Crippen LogP contribution is -2.57. The maximum Gasteiger partial charge on any atom is 0.331 e. The van der Waals surface area contributed by atoms with Gasteiger partial charge in [0.25, 0.3) is 0 Å². The summed E-state index contributed by atoms with van der Waals surface area (Å²) in [4.78, 5) is 14.8. The lowest BCUT2D eigenvalue weighted by Gasteiger charge is -2.43. The molecule has 0 spiro atoms. The molecule has 0 aromatic heterocycles. The van der Waals surface area contributed by atoms with Crippen molar-refractivity contribution in [2.45, 2.75) is 38.3 Å². The van der Waals surface area contributed by atoms with Gasteiger partial charge in [-0.25, -0.2) is 4.79 Å². The number of nitrogens with one attached hydrogen (secondary N) is 1. The average Bonchev–Trinajstić information content (AvgIpc) is 2.46. The number of esters is 1. The molecule has 21 heavy (non-hydrogen) atoms. The molecule has 0 bridgehead atoms. The molecule has 1 aliphatic heterocycles. The number of ether oxygens (including phenoxy) is 1. The Morgan fingerprint density at radius 3 is 2.71 bits per heavy atom. The fraction of sp³-hybridized carbons (Fsp3) is 0.562. The maximum absolute atomic E-state index is 12.5. The molecule has 2 rings (SSSR count). The van der Waals surface area contributed by atoms with Gasteiger partial charge in [0, 0.05) is 22.7 Å². The summed E-state index contributed by atoms with van der Waals surface area (Å²) in [7, 11) is 2.10. The van der Waals surface area contributed by atoms with E-state index in [1.807, 2.05) is 31.2 Å². The van der Waals surface area contributed by atoms with Gasteiger partial charge >= 0.3 is 5.97 Å². The third-order valence-corrected chi connectivity index (χ3v) is 4.71. The SMILES string of the molecule is CCOC(=O)C1(Nc2ccc(Br)cc2)CCN(C)C(C)C1. The molecule has 0 aliphatic carbocycles. The van der Waals surface area contributed by atoms with Crippen LogP contribution in [-0.2, 0) is 9.53 Å². The van der Waals surface area contributed by atoms with E-state index in [9.17, 15) is 4.79 Å². The van der Waals surface area contributed by atoms with Gasteiger partial charge in [-0.3, -0.25) is 0 Å². The molecule has 2 unspecified atom stereocenters. The van der Waals surface area contributed by atoms with Gasteiger partial charge in [-0.1, -0.05) is 15.9 Å². The summed E-state index contributed by atoms with van der Waals surface area (Å²) >= 11 is 3.43. The number of rotatable bonds is 4. The molecule has 116 valence electrons. The van der Waals surface area contributed by atoms with Crippen molar-refractivity contribution >= 4 is 27.6 Å². The van der Waals surface area contributed by atoms with E-state index in [4.69, 9.17) is 4.74 Å². The first-order valence-corrected chi connectivity index (χ1v) is 8.17. The highest BCUT2D eigenvalue weighted by Gasteiger charge is 2.44. The monoisotopic (exact) mass is 354 g/mol. The third kappa shape index (κ3) is 3.77. The molecule has 1 N–H and O–H groups in total. The third-order valence-electron chi connectivity index (χ3n) is 4.18. The number of benzene rings is 1. The number of likely N-dealkylation sites (tertiary alicyclic amines) is 1. The fourth-order valence-corrected chi connectivity index (χ4v) is 3.04. The molecule has 5 heteroatoms. The number of hydrogen-bond donors (Lipinski definition) is 1. The Balaban J connectivity index is 2.23. The molecule has 1 heterocycles. The minimum absolute atomic E-state index is 0.145. The smallest absolute Gasteiger partial charge is 0.331 e. The van der Waals surface area contributed by atoms with Crippen LogP contribution in [0.25, 0.3) is 0 Å². The highest BCUT2D eigenvalue weighted by Crippen LogP contribution is 2.31. The van der Waals surface area contributed by atoms with Crippen molar-refractivity contribution < 1.29 is 9.53 Å². The molecule has 4 nitrogen and oxygen atoms in total. The summed E-state index contributed by atoms with van der Waals surface area (Å²) < 4.78 is 6.36. The lowest BCUT2D eigenvalue weighted by atomic mass is 9.83. The molecule has 0 amide bonds. The summed E-state index contributed by atoms with van der Waals surface area (Å²) in [6, 6.07) is 8.24. The van der Waals surface area contributed by atoms with Crippen molar-refractivity contribution in [2.75, 3.05) is 25.5 Å². The van der Waals surface area contributed by atoms with Crippen molar-refractivity contribution in [1.29, 1.82) is 0 Å². The minimum Gasteiger partial charge on any atom is -0.464 e. The molecule has 1 aromatic rings. The molecule has 0 saturated carbocycles. The Morgan fingerprint density at radius 2 is 2.14 bits per heavy atom. The normalized spacial score (nSPS) is 26.4. The Morgan fingerprint density at radius 1 is 1.48 bits per heavy atom. The first kappa shape index (κ1) is 16.3. The van der Waals surface area contributed by atoms with Crippen LogP contribution in [-0.4, -0.2) is 42.6 Å². The standard InChI is InChI=1S/C16H23BrN2O2/c1-4-21-15(20)16(9-10-19(3)12(2)11-16)18-14-7-5-13(17)6-8-14/h5-8,12,18H,4,9-11H2,1-3H3. The van der Waals surface area contributed by atoms with Crippen LogP contribution in [0, 0.1) is 0 Å². The van der Waals surface area contributed by atoms with Gasteiger partial charge in [-0.05, 0) is 58.0 Å². The topological polar surface area (TPSA) is 41.6 Å². The summed E-state index contributed by atoms with van der Waals surface area (Å²) in [6.45, 7) is 5.29. The van der Waals surface area contributed by atoms with E-state index >= 15 is 0 Å². The average molecular weight is 355 g/mol. The van der Waals surface area contributed by atoms with Crippen molar-refractivity contribution in [3.05, 3.63) is 28.7 Å².